The summed E-state index contributed by atoms with van der Waals surface area (Å²) in [6.45, 7) is 0.683. The van der Waals surface area contributed by atoms with Crippen LogP contribution in [0.3, 0.4) is 0 Å². The number of nitrogens with zero attached hydrogens (tertiary/aromatic N) is 3. The number of aromatic nitrogens is 2. The highest BCUT2D eigenvalue weighted by atomic mass is 16.5. The Morgan fingerprint density at radius 1 is 1.10 bits per heavy atom. The van der Waals surface area contributed by atoms with Gasteiger partial charge in [0.05, 0.1) is 30.7 Å². The van der Waals surface area contributed by atoms with Crippen LogP contribution in [0.1, 0.15) is 21.5 Å². The number of hydrogen-bond donors (Lipinski definition) is 1. The number of carbonyl (C=O) groups is 1. The molecular weight excluding hydrogens is 376 g/mol. The van der Waals surface area contributed by atoms with Crippen LogP contribution in [0.15, 0.2) is 60.9 Å². The minimum Gasteiger partial charge on any atom is -0.465 e. The van der Waals surface area contributed by atoms with Crippen LogP contribution in [0.5, 0.6) is 0 Å². The van der Waals surface area contributed by atoms with Crippen molar-refractivity contribution in [1.82, 2.24) is 9.97 Å². The lowest BCUT2D eigenvalue weighted by molar-refractivity contribution is 0.0601. The van der Waals surface area contributed by atoms with E-state index in [1.54, 1.807) is 18.3 Å². The van der Waals surface area contributed by atoms with Crippen molar-refractivity contribution in [3.63, 3.8) is 0 Å². The molecule has 0 saturated heterocycles. The Kier molecular flexibility index (Phi) is 5.53. The third-order valence-electron chi connectivity index (χ3n) is 5.00. The molecule has 0 bridgehead atoms. The Balaban J connectivity index is 1.64. The van der Waals surface area contributed by atoms with Crippen molar-refractivity contribution in [2.45, 2.75) is 12.8 Å². The van der Waals surface area contributed by atoms with E-state index in [0.29, 0.717) is 24.0 Å². The molecule has 1 N–H and O–H groups in total. The van der Waals surface area contributed by atoms with Crippen LogP contribution < -0.4 is 5.32 Å². The first-order valence-corrected chi connectivity index (χ1v) is 9.64. The molecule has 2 heterocycles. The molecule has 0 saturated carbocycles. The molecule has 2 aromatic carbocycles. The summed E-state index contributed by atoms with van der Waals surface area (Å²) in [6.07, 6.45) is 4.77. The van der Waals surface area contributed by atoms with E-state index in [-0.39, 0.29) is 0 Å². The molecular formula is C24H20N4O2. The molecule has 148 valence electrons. The molecule has 4 rings (SSSR count). The van der Waals surface area contributed by atoms with Gasteiger partial charge in [-0.25, -0.2) is 9.78 Å². The number of rotatable bonds is 6. The largest absolute Gasteiger partial charge is 0.465 e. The first-order chi connectivity index (χ1) is 14.7. The lowest BCUT2D eigenvalue weighted by Crippen LogP contribution is -2.08. The van der Waals surface area contributed by atoms with Crippen LogP contribution in [0.25, 0.3) is 21.7 Å². The summed E-state index contributed by atoms with van der Waals surface area (Å²) < 4.78 is 4.83. The van der Waals surface area contributed by atoms with Crippen molar-refractivity contribution in [3.05, 3.63) is 77.6 Å². The molecule has 30 heavy (non-hydrogen) atoms. The van der Waals surface area contributed by atoms with Gasteiger partial charge in [-0.2, -0.15) is 5.26 Å². The third kappa shape index (κ3) is 3.91. The molecule has 0 fully saturated rings. The average molecular weight is 396 g/mol. The molecule has 0 atom stereocenters. The summed E-state index contributed by atoms with van der Waals surface area (Å²) in [4.78, 5) is 20.9. The Hall–Kier alpha value is -3.98. The number of hydrogen-bond acceptors (Lipinski definition) is 6. The second-order valence-corrected chi connectivity index (χ2v) is 6.94. The number of pyridine rings is 2. The lowest BCUT2D eigenvalue weighted by atomic mass is 10.1. The molecule has 0 spiro atoms. The van der Waals surface area contributed by atoms with Crippen molar-refractivity contribution in [2.75, 3.05) is 19.0 Å². The topological polar surface area (TPSA) is 87.9 Å². The zero-order valence-electron chi connectivity index (χ0n) is 16.6. The number of carbonyl (C=O) groups excluding carboxylic acids is 1. The van der Waals surface area contributed by atoms with Crippen molar-refractivity contribution in [3.8, 4) is 6.07 Å². The number of anilines is 1. The SMILES string of the molecule is COC(=O)c1ccc2c(c1)nc(NCCc1cccc(CC#N)c1)c1ccncc12. The fourth-order valence-electron chi connectivity index (χ4n) is 3.54. The molecule has 0 amide bonds. The van der Waals surface area contributed by atoms with Gasteiger partial charge in [0.25, 0.3) is 0 Å². The average Bonchev–Trinajstić information content (AvgIpc) is 2.78. The van der Waals surface area contributed by atoms with Crippen molar-refractivity contribution in [2.24, 2.45) is 0 Å². The van der Waals surface area contributed by atoms with E-state index >= 15 is 0 Å². The van der Waals surface area contributed by atoms with Crippen LogP contribution in [0.4, 0.5) is 5.82 Å². The molecule has 0 radical (unpaired) electrons. The number of fused-ring (bicyclic) bond motifs is 3. The maximum absolute atomic E-state index is 11.9. The summed E-state index contributed by atoms with van der Waals surface area (Å²) >= 11 is 0. The Labute approximate surface area is 174 Å². The minimum atomic E-state index is -0.392. The number of methoxy groups -OCH3 is 1. The Morgan fingerprint density at radius 2 is 1.97 bits per heavy atom. The molecule has 2 aromatic heterocycles. The van der Waals surface area contributed by atoms with Gasteiger partial charge in [-0.1, -0.05) is 30.3 Å². The smallest absolute Gasteiger partial charge is 0.337 e. The first-order valence-electron chi connectivity index (χ1n) is 9.64. The molecule has 4 aromatic rings. The second-order valence-electron chi connectivity index (χ2n) is 6.94. The number of ether oxygens (including phenoxy) is 1. The summed E-state index contributed by atoms with van der Waals surface area (Å²) in [6, 6.07) is 17.5. The minimum absolute atomic E-state index is 0.392. The monoisotopic (exact) mass is 396 g/mol. The van der Waals surface area contributed by atoms with Crippen molar-refractivity contribution >= 4 is 33.5 Å². The van der Waals surface area contributed by atoms with Gasteiger partial charge in [0, 0.05) is 35.1 Å². The van der Waals surface area contributed by atoms with Gasteiger partial charge < -0.3 is 10.1 Å². The van der Waals surface area contributed by atoms with Crippen molar-refractivity contribution in [1.29, 1.82) is 5.26 Å². The summed E-state index contributed by atoms with van der Waals surface area (Å²) in [5.74, 6) is 0.354. The first kappa shape index (κ1) is 19.3. The predicted octanol–water partition coefficient (Wildman–Crippen LogP) is 4.29. The molecule has 6 nitrogen and oxygen atoms in total. The fraction of sp³-hybridized carbons (Fsp3) is 0.167. The molecule has 0 aliphatic heterocycles. The zero-order chi connectivity index (χ0) is 20.9. The van der Waals surface area contributed by atoms with E-state index in [1.165, 1.54) is 7.11 Å². The van der Waals surface area contributed by atoms with Gasteiger partial charge in [-0.3, -0.25) is 4.98 Å². The molecule has 6 heteroatoms. The van der Waals surface area contributed by atoms with Crippen LogP contribution in [-0.4, -0.2) is 29.6 Å². The maximum Gasteiger partial charge on any atom is 0.337 e. The van der Waals surface area contributed by atoms with Gasteiger partial charge >= 0.3 is 5.97 Å². The lowest BCUT2D eigenvalue weighted by Gasteiger charge is -2.12. The van der Waals surface area contributed by atoms with E-state index in [0.717, 1.165) is 39.5 Å². The Morgan fingerprint density at radius 3 is 2.80 bits per heavy atom. The van der Waals surface area contributed by atoms with Gasteiger partial charge in [0.2, 0.25) is 0 Å². The summed E-state index contributed by atoms with van der Waals surface area (Å²) in [5.41, 5.74) is 3.35. The highest BCUT2D eigenvalue weighted by Gasteiger charge is 2.12. The van der Waals surface area contributed by atoms with Crippen LogP contribution in [0.2, 0.25) is 0 Å². The van der Waals surface area contributed by atoms with Gasteiger partial charge in [-0.15, -0.1) is 0 Å². The van der Waals surface area contributed by atoms with Crippen LogP contribution in [0, 0.1) is 11.3 Å². The normalized spacial score (nSPS) is 10.7. The van der Waals surface area contributed by atoms with Crippen LogP contribution >= 0.6 is 0 Å². The quantitative estimate of drug-likeness (QED) is 0.386. The molecule has 0 aliphatic rings. The van der Waals surface area contributed by atoms with Gasteiger partial charge in [0.1, 0.15) is 5.82 Å². The fourth-order valence-corrected chi connectivity index (χ4v) is 3.54. The maximum atomic E-state index is 11.9. The van der Waals surface area contributed by atoms with Gasteiger partial charge in [-0.05, 0) is 35.7 Å². The van der Waals surface area contributed by atoms with E-state index in [2.05, 4.69) is 28.5 Å². The Bertz CT molecular complexity index is 1280. The zero-order valence-corrected chi connectivity index (χ0v) is 16.6. The predicted molar refractivity (Wildman–Crippen MR) is 116 cm³/mol. The highest BCUT2D eigenvalue weighted by molar-refractivity contribution is 6.10. The van der Waals surface area contributed by atoms with E-state index in [9.17, 15) is 4.79 Å². The third-order valence-corrected chi connectivity index (χ3v) is 5.00. The summed E-state index contributed by atoms with van der Waals surface area (Å²) in [7, 11) is 1.36. The van der Waals surface area contributed by atoms with E-state index in [1.807, 2.05) is 30.5 Å². The second kappa shape index (κ2) is 8.58. The van der Waals surface area contributed by atoms with Crippen LogP contribution in [-0.2, 0) is 17.6 Å². The highest BCUT2D eigenvalue weighted by Crippen LogP contribution is 2.29. The van der Waals surface area contributed by atoms with E-state index in [4.69, 9.17) is 15.0 Å². The number of nitriles is 1. The van der Waals surface area contributed by atoms with E-state index < -0.39 is 5.97 Å². The number of benzene rings is 2. The molecule has 0 aliphatic carbocycles. The molecule has 0 unspecified atom stereocenters. The number of esters is 1. The standard InChI is InChI=1S/C24H20N4O2/c1-30-24(29)18-5-6-19-21-15-26-11-9-20(21)23(28-22(19)14-18)27-12-8-17-4-2-3-16(13-17)7-10-25/h2-6,9,11,13-15H,7-8,12H2,1H3,(H,27,28). The van der Waals surface area contributed by atoms with Crippen molar-refractivity contribution < 1.29 is 9.53 Å². The van der Waals surface area contributed by atoms with Gasteiger partial charge in [0.15, 0.2) is 0 Å². The number of nitrogens with one attached hydrogen (secondary N) is 1. The summed E-state index contributed by atoms with van der Waals surface area (Å²) in [5, 5.41) is 15.2.